The van der Waals surface area contributed by atoms with Crippen molar-refractivity contribution in [1.29, 1.82) is 0 Å². The predicted octanol–water partition coefficient (Wildman–Crippen LogP) is 2.75. The summed E-state index contributed by atoms with van der Waals surface area (Å²) in [5, 5.41) is 20.3. The summed E-state index contributed by atoms with van der Waals surface area (Å²) in [4.78, 5) is 21.7. The van der Waals surface area contributed by atoms with Crippen LogP contribution < -0.4 is 0 Å². The fraction of sp³-hybridized carbons (Fsp3) is 0.0714. The summed E-state index contributed by atoms with van der Waals surface area (Å²) in [5.74, 6) is -0.650. The monoisotopic (exact) mass is 273 g/mol. The van der Waals surface area contributed by atoms with Crippen LogP contribution in [0.15, 0.2) is 42.5 Å². The smallest absolute Gasteiger partial charge is 0.337 e. The molecule has 0 aromatic heterocycles. The Kier molecular flexibility index (Phi) is 3.65. The number of benzene rings is 2. The Morgan fingerprint density at radius 2 is 1.85 bits per heavy atom. The number of phenols is 1. The molecule has 0 saturated carbocycles. The lowest BCUT2D eigenvalue weighted by atomic mass is 10.0. The van der Waals surface area contributed by atoms with E-state index >= 15 is 0 Å². The number of carbonyl (C=O) groups excluding carboxylic acids is 1. The standard InChI is InChI=1S/C14H11NO5/c1-20-14(17)10-4-2-9(3-5-10)12-7-6-11(16)8-13(12)15(18)19/h2-8,16H,1H3. The molecule has 0 saturated heterocycles. The summed E-state index contributed by atoms with van der Waals surface area (Å²) < 4.78 is 4.58. The first kappa shape index (κ1) is 13.5. The summed E-state index contributed by atoms with van der Waals surface area (Å²) in [6, 6.07) is 10.1. The molecule has 0 bridgehead atoms. The van der Waals surface area contributed by atoms with Crippen LogP contribution in [-0.2, 0) is 4.74 Å². The zero-order valence-corrected chi connectivity index (χ0v) is 10.6. The third-order valence-corrected chi connectivity index (χ3v) is 2.80. The third kappa shape index (κ3) is 2.59. The van der Waals surface area contributed by atoms with Gasteiger partial charge in [0.15, 0.2) is 0 Å². The highest BCUT2D eigenvalue weighted by molar-refractivity contribution is 5.90. The molecule has 0 aliphatic rings. The maximum absolute atomic E-state index is 11.3. The molecule has 0 spiro atoms. The fourth-order valence-corrected chi connectivity index (χ4v) is 1.82. The Balaban J connectivity index is 2.47. The van der Waals surface area contributed by atoms with Gasteiger partial charge in [-0.3, -0.25) is 10.1 Å². The van der Waals surface area contributed by atoms with Crippen molar-refractivity contribution in [1.82, 2.24) is 0 Å². The minimum absolute atomic E-state index is 0.174. The molecule has 6 nitrogen and oxygen atoms in total. The summed E-state index contributed by atoms with van der Waals surface area (Å²) >= 11 is 0. The van der Waals surface area contributed by atoms with E-state index in [1.165, 1.54) is 31.4 Å². The number of nitro groups is 1. The Hall–Kier alpha value is -2.89. The van der Waals surface area contributed by atoms with Gasteiger partial charge in [-0.05, 0) is 29.8 Å². The van der Waals surface area contributed by atoms with E-state index in [1.807, 2.05) is 0 Å². The number of hydrogen-bond donors (Lipinski definition) is 1. The van der Waals surface area contributed by atoms with E-state index in [1.54, 1.807) is 12.1 Å². The molecule has 0 fully saturated rings. The lowest BCUT2D eigenvalue weighted by Gasteiger charge is -2.05. The van der Waals surface area contributed by atoms with Gasteiger partial charge in [-0.25, -0.2) is 4.79 Å². The summed E-state index contributed by atoms with van der Waals surface area (Å²) in [6.45, 7) is 0. The molecule has 0 aliphatic heterocycles. The molecule has 0 atom stereocenters. The number of carbonyl (C=O) groups is 1. The highest BCUT2D eigenvalue weighted by atomic mass is 16.6. The second kappa shape index (κ2) is 5.40. The predicted molar refractivity (Wildman–Crippen MR) is 71.5 cm³/mol. The topological polar surface area (TPSA) is 89.7 Å². The number of hydrogen-bond acceptors (Lipinski definition) is 5. The summed E-state index contributed by atoms with van der Waals surface area (Å²) in [7, 11) is 1.28. The van der Waals surface area contributed by atoms with Gasteiger partial charge in [0.05, 0.1) is 29.2 Å². The van der Waals surface area contributed by atoms with Gasteiger partial charge in [-0.2, -0.15) is 0 Å². The number of methoxy groups -OCH3 is 1. The molecule has 0 radical (unpaired) electrons. The van der Waals surface area contributed by atoms with Gasteiger partial charge in [-0.15, -0.1) is 0 Å². The minimum Gasteiger partial charge on any atom is -0.508 e. The van der Waals surface area contributed by atoms with Crippen LogP contribution in [0.4, 0.5) is 5.69 Å². The molecule has 20 heavy (non-hydrogen) atoms. The van der Waals surface area contributed by atoms with Crippen LogP contribution in [0, 0.1) is 10.1 Å². The number of rotatable bonds is 3. The van der Waals surface area contributed by atoms with Crippen molar-refractivity contribution < 1.29 is 19.6 Å². The molecule has 0 unspecified atom stereocenters. The average molecular weight is 273 g/mol. The first-order valence-electron chi connectivity index (χ1n) is 5.69. The van der Waals surface area contributed by atoms with Crippen molar-refractivity contribution in [3.05, 3.63) is 58.1 Å². The van der Waals surface area contributed by atoms with Crippen molar-refractivity contribution >= 4 is 11.7 Å². The zero-order valence-electron chi connectivity index (χ0n) is 10.6. The second-order valence-corrected chi connectivity index (χ2v) is 4.03. The molecular formula is C14H11NO5. The van der Waals surface area contributed by atoms with Crippen LogP contribution in [0.25, 0.3) is 11.1 Å². The molecule has 2 aromatic carbocycles. The Morgan fingerprint density at radius 1 is 1.20 bits per heavy atom. The largest absolute Gasteiger partial charge is 0.508 e. The lowest BCUT2D eigenvalue weighted by molar-refractivity contribution is -0.384. The second-order valence-electron chi connectivity index (χ2n) is 4.03. The Morgan fingerprint density at radius 3 is 2.40 bits per heavy atom. The normalized spacial score (nSPS) is 10.1. The van der Waals surface area contributed by atoms with Crippen LogP contribution >= 0.6 is 0 Å². The quantitative estimate of drug-likeness (QED) is 0.527. The SMILES string of the molecule is COC(=O)c1ccc(-c2ccc(O)cc2[N+](=O)[O-])cc1. The molecule has 0 aliphatic carbocycles. The molecule has 2 aromatic rings. The van der Waals surface area contributed by atoms with Crippen LogP contribution in [0.2, 0.25) is 0 Å². The van der Waals surface area contributed by atoms with Gasteiger partial charge >= 0.3 is 5.97 Å². The van der Waals surface area contributed by atoms with Crippen molar-refractivity contribution in [2.24, 2.45) is 0 Å². The maximum Gasteiger partial charge on any atom is 0.337 e. The number of aromatic hydroxyl groups is 1. The van der Waals surface area contributed by atoms with Gasteiger partial charge in [-0.1, -0.05) is 12.1 Å². The minimum atomic E-state index is -0.566. The summed E-state index contributed by atoms with van der Waals surface area (Å²) in [6.07, 6.45) is 0. The number of phenolic OH excluding ortho intramolecular Hbond substituents is 1. The van der Waals surface area contributed by atoms with Crippen LogP contribution in [-0.4, -0.2) is 23.1 Å². The van der Waals surface area contributed by atoms with Crippen molar-refractivity contribution in [2.45, 2.75) is 0 Å². The third-order valence-electron chi connectivity index (χ3n) is 2.80. The Labute approximate surface area is 114 Å². The molecule has 0 heterocycles. The van der Waals surface area contributed by atoms with Gasteiger partial charge in [0.2, 0.25) is 0 Å². The highest BCUT2D eigenvalue weighted by Crippen LogP contribution is 2.32. The highest BCUT2D eigenvalue weighted by Gasteiger charge is 2.16. The first-order valence-corrected chi connectivity index (χ1v) is 5.69. The number of ether oxygens (including phenoxy) is 1. The van der Waals surface area contributed by atoms with Gasteiger partial charge < -0.3 is 9.84 Å². The van der Waals surface area contributed by atoms with Gasteiger partial charge in [0.1, 0.15) is 5.75 Å². The van der Waals surface area contributed by atoms with Crippen molar-refractivity contribution in [3.63, 3.8) is 0 Å². The van der Waals surface area contributed by atoms with E-state index in [9.17, 15) is 20.0 Å². The van der Waals surface area contributed by atoms with Crippen molar-refractivity contribution in [3.8, 4) is 16.9 Å². The molecule has 0 amide bonds. The zero-order chi connectivity index (χ0) is 14.7. The van der Waals surface area contributed by atoms with E-state index < -0.39 is 10.9 Å². The van der Waals surface area contributed by atoms with Crippen LogP contribution in [0.3, 0.4) is 0 Å². The van der Waals surface area contributed by atoms with Gasteiger partial charge in [0.25, 0.3) is 5.69 Å². The number of esters is 1. The number of nitrogens with zero attached hydrogens (tertiary/aromatic N) is 1. The Bertz CT molecular complexity index is 664. The van der Waals surface area contributed by atoms with E-state index in [0.29, 0.717) is 16.7 Å². The first-order chi connectivity index (χ1) is 9.52. The lowest BCUT2D eigenvalue weighted by Crippen LogP contribution is -2.00. The summed E-state index contributed by atoms with van der Waals surface area (Å²) in [5.41, 5.74) is 1.10. The van der Waals surface area contributed by atoms with E-state index in [-0.39, 0.29) is 11.4 Å². The van der Waals surface area contributed by atoms with Crippen LogP contribution in [0.5, 0.6) is 5.75 Å². The average Bonchev–Trinajstić information content (AvgIpc) is 2.46. The van der Waals surface area contributed by atoms with Gasteiger partial charge in [0, 0.05) is 0 Å². The van der Waals surface area contributed by atoms with Crippen LogP contribution in [0.1, 0.15) is 10.4 Å². The van der Waals surface area contributed by atoms with Crippen molar-refractivity contribution in [2.75, 3.05) is 7.11 Å². The maximum atomic E-state index is 11.3. The molecule has 102 valence electrons. The number of nitro benzene ring substituents is 1. The van der Waals surface area contributed by atoms with E-state index in [0.717, 1.165) is 6.07 Å². The molecule has 6 heteroatoms. The van der Waals surface area contributed by atoms with E-state index in [4.69, 9.17) is 0 Å². The van der Waals surface area contributed by atoms with E-state index in [2.05, 4.69) is 4.74 Å². The fourth-order valence-electron chi connectivity index (χ4n) is 1.82. The molecular weight excluding hydrogens is 262 g/mol. The molecule has 1 N–H and O–H groups in total. The molecule has 2 rings (SSSR count).